The molecule has 0 saturated carbocycles. The molecule has 1 N–H and O–H groups in total. The molecule has 2 aromatic carbocycles. The molecule has 0 atom stereocenters. The Morgan fingerprint density at radius 2 is 1.53 bits per heavy atom. The Balaban J connectivity index is 1.55. The van der Waals surface area contributed by atoms with Crippen LogP contribution in [0.5, 0.6) is 17.2 Å². The largest absolute Gasteiger partial charge is 0.493 e. The number of thiocarbonyl (C=S) groups is 1. The number of carbonyl (C=O) groups is 1. The zero-order chi connectivity index (χ0) is 23.1. The third kappa shape index (κ3) is 5.60. The van der Waals surface area contributed by atoms with E-state index in [-0.39, 0.29) is 5.97 Å². The lowest BCUT2D eigenvalue weighted by atomic mass is 10.1. The zero-order valence-electron chi connectivity index (χ0n) is 18.8. The van der Waals surface area contributed by atoms with Gasteiger partial charge in [0.2, 0.25) is 5.75 Å². The average molecular weight is 460 g/mol. The van der Waals surface area contributed by atoms with Gasteiger partial charge < -0.3 is 29.2 Å². The molecule has 1 heterocycles. The summed E-state index contributed by atoms with van der Waals surface area (Å²) in [6.45, 7) is 4.16. The molecule has 9 heteroatoms. The highest BCUT2D eigenvalue weighted by atomic mass is 32.1. The SMILES string of the molecule is COC(=O)c1ccc(NC(=S)N2CCN(Cc3cc(OC)c(OC)c(OC)c3)CC2)cc1. The molecule has 1 aliphatic rings. The van der Waals surface area contributed by atoms with Crippen molar-refractivity contribution in [3.05, 3.63) is 47.5 Å². The van der Waals surface area contributed by atoms with Crippen LogP contribution in [0.4, 0.5) is 5.69 Å². The lowest BCUT2D eigenvalue weighted by Gasteiger charge is -2.36. The number of hydrogen-bond acceptors (Lipinski definition) is 7. The van der Waals surface area contributed by atoms with Gasteiger partial charge in [-0.1, -0.05) is 0 Å². The van der Waals surface area contributed by atoms with Crippen molar-refractivity contribution >= 4 is 29.0 Å². The predicted molar refractivity (Wildman–Crippen MR) is 127 cm³/mol. The number of ether oxygens (including phenoxy) is 4. The van der Waals surface area contributed by atoms with Crippen molar-refractivity contribution in [2.75, 3.05) is 59.9 Å². The van der Waals surface area contributed by atoms with Gasteiger partial charge in [-0.2, -0.15) is 0 Å². The highest BCUT2D eigenvalue weighted by Crippen LogP contribution is 2.38. The third-order valence-electron chi connectivity index (χ3n) is 5.35. The maximum Gasteiger partial charge on any atom is 0.337 e. The first-order valence-electron chi connectivity index (χ1n) is 10.2. The van der Waals surface area contributed by atoms with E-state index < -0.39 is 0 Å². The second kappa shape index (κ2) is 11.0. The van der Waals surface area contributed by atoms with Gasteiger partial charge in [-0.05, 0) is 54.2 Å². The molecule has 1 fully saturated rings. The van der Waals surface area contributed by atoms with Gasteiger partial charge in [-0.25, -0.2) is 4.79 Å². The number of nitrogens with zero attached hydrogens (tertiary/aromatic N) is 2. The summed E-state index contributed by atoms with van der Waals surface area (Å²) < 4.78 is 21.0. The number of anilines is 1. The minimum absolute atomic E-state index is 0.359. The summed E-state index contributed by atoms with van der Waals surface area (Å²) in [4.78, 5) is 16.1. The fourth-order valence-corrected chi connectivity index (χ4v) is 3.90. The van der Waals surface area contributed by atoms with Crippen LogP contribution in [0.3, 0.4) is 0 Å². The van der Waals surface area contributed by atoms with Crippen molar-refractivity contribution in [1.29, 1.82) is 0 Å². The molecule has 0 spiro atoms. The number of piperazine rings is 1. The molecule has 172 valence electrons. The van der Waals surface area contributed by atoms with E-state index >= 15 is 0 Å². The normalized spacial score (nSPS) is 13.9. The van der Waals surface area contributed by atoms with Crippen molar-refractivity contribution in [2.24, 2.45) is 0 Å². The number of hydrogen-bond donors (Lipinski definition) is 1. The zero-order valence-corrected chi connectivity index (χ0v) is 19.7. The van der Waals surface area contributed by atoms with Crippen molar-refractivity contribution in [1.82, 2.24) is 9.80 Å². The first-order chi connectivity index (χ1) is 15.5. The molecule has 0 aliphatic carbocycles. The van der Waals surface area contributed by atoms with Gasteiger partial charge in [0, 0.05) is 38.4 Å². The van der Waals surface area contributed by atoms with Gasteiger partial charge in [0.1, 0.15) is 0 Å². The van der Waals surface area contributed by atoms with Crippen molar-refractivity contribution in [3.8, 4) is 17.2 Å². The smallest absolute Gasteiger partial charge is 0.337 e. The standard InChI is InChI=1S/C23H29N3O5S/c1-28-19-13-16(14-20(29-2)21(19)30-3)15-25-9-11-26(12-10-25)23(32)24-18-7-5-17(6-8-18)22(27)31-4/h5-8,13-14H,9-12,15H2,1-4H3,(H,24,32). The topological polar surface area (TPSA) is 72.5 Å². The lowest BCUT2D eigenvalue weighted by molar-refractivity contribution is 0.0601. The van der Waals surface area contributed by atoms with E-state index in [1.54, 1.807) is 33.5 Å². The van der Waals surface area contributed by atoms with E-state index in [0.717, 1.165) is 44.0 Å². The highest BCUT2D eigenvalue weighted by Gasteiger charge is 2.21. The fraction of sp³-hybridized carbons (Fsp3) is 0.391. The minimum Gasteiger partial charge on any atom is -0.493 e. The quantitative estimate of drug-likeness (QED) is 0.497. The molecule has 0 bridgehead atoms. The molecule has 2 aromatic rings. The predicted octanol–water partition coefficient (Wildman–Crippen LogP) is 3.01. The number of carbonyl (C=O) groups excluding carboxylic acids is 1. The maximum absolute atomic E-state index is 11.6. The lowest BCUT2D eigenvalue weighted by Crippen LogP contribution is -2.49. The fourth-order valence-electron chi connectivity index (χ4n) is 3.60. The van der Waals surface area contributed by atoms with Gasteiger partial charge in [-0.15, -0.1) is 0 Å². The number of rotatable bonds is 7. The number of methoxy groups -OCH3 is 4. The van der Waals surface area contributed by atoms with E-state index in [9.17, 15) is 4.79 Å². The molecule has 8 nitrogen and oxygen atoms in total. The van der Waals surface area contributed by atoms with Crippen molar-refractivity contribution in [2.45, 2.75) is 6.54 Å². The van der Waals surface area contributed by atoms with Crippen LogP contribution in [0.2, 0.25) is 0 Å². The number of nitrogens with one attached hydrogen (secondary N) is 1. The first-order valence-corrected chi connectivity index (χ1v) is 10.7. The molecule has 0 amide bonds. The van der Waals surface area contributed by atoms with Crippen LogP contribution in [0.1, 0.15) is 15.9 Å². The minimum atomic E-state index is -0.359. The van der Waals surface area contributed by atoms with Crippen LogP contribution in [0, 0.1) is 0 Å². The second-order valence-corrected chi connectivity index (χ2v) is 7.68. The van der Waals surface area contributed by atoms with Gasteiger partial charge >= 0.3 is 5.97 Å². The Morgan fingerprint density at radius 3 is 2.03 bits per heavy atom. The van der Waals surface area contributed by atoms with Crippen LogP contribution in [0.15, 0.2) is 36.4 Å². The molecule has 3 rings (SSSR count). The second-order valence-electron chi connectivity index (χ2n) is 7.30. The van der Waals surface area contributed by atoms with Gasteiger partial charge in [-0.3, -0.25) is 4.90 Å². The average Bonchev–Trinajstić information content (AvgIpc) is 2.83. The van der Waals surface area contributed by atoms with Crippen LogP contribution in [-0.4, -0.2) is 75.5 Å². The maximum atomic E-state index is 11.6. The molecule has 0 aromatic heterocycles. The van der Waals surface area contributed by atoms with E-state index in [1.165, 1.54) is 7.11 Å². The molecule has 1 saturated heterocycles. The van der Waals surface area contributed by atoms with E-state index in [0.29, 0.717) is 27.9 Å². The summed E-state index contributed by atoms with van der Waals surface area (Å²) in [5.41, 5.74) is 2.44. The Kier molecular flexibility index (Phi) is 8.13. The summed E-state index contributed by atoms with van der Waals surface area (Å²) in [7, 11) is 6.21. The third-order valence-corrected chi connectivity index (χ3v) is 5.71. The molecule has 1 aliphatic heterocycles. The molecular formula is C23H29N3O5S. The van der Waals surface area contributed by atoms with E-state index in [2.05, 4.69) is 15.1 Å². The van der Waals surface area contributed by atoms with Crippen molar-refractivity contribution < 1.29 is 23.7 Å². The molecular weight excluding hydrogens is 430 g/mol. The monoisotopic (exact) mass is 459 g/mol. The number of esters is 1. The Labute approximate surface area is 194 Å². The van der Waals surface area contributed by atoms with Crippen LogP contribution < -0.4 is 19.5 Å². The number of benzene rings is 2. The summed E-state index contributed by atoms with van der Waals surface area (Å²) >= 11 is 5.58. The van der Waals surface area contributed by atoms with Crippen LogP contribution in [0.25, 0.3) is 0 Å². The first kappa shape index (κ1) is 23.6. The Bertz CT molecular complexity index is 918. The van der Waals surface area contributed by atoms with Gasteiger partial charge in [0.05, 0.1) is 34.0 Å². The molecule has 0 radical (unpaired) electrons. The van der Waals surface area contributed by atoms with E-state index in [1.807, 2.05) is 24.3 Å². The van der Waals surface area contributed by atoms with Crippen LogP contribution >= 0.6 is 12.2 Å². The van der Waals surface area contributed by atoms with Crippen LogP contribution in [-0.2, 0) is 11.3 Å². The Hall–Kier alpha value is -3.04. The van der Waals surface area contributed by atoms with E-state index in [4.69, 9.17) is 31.2 Å². The Morgan fingerprint density at radius 1 is 0.938 bits per heavy atom. The molecule has 0 unspecified atom stereocenters. The highest BCUT2D eigenvalue weighted by molar-refractivity contribution is 7.80. The molecule has 32 heavy (non-hydrogen) atoms. The van der Waals surface area contributed by atoms with Gasteiger partial charge in [0.25, 0.3) is 0 Å². The summed E-state index contributed by atoms with van der Waals surface area (Å²) in [6, 6.07) is 11.0. The summed E-state index contributed by atoms with van der Waals surface area (Å²) in [6.07, 6.45) is 0. The summed E-state index contributed by atoms with van der Waals surface area (Å²) in [5, 5.41) is 3.91. The van der Waals surface area contributed by atoms with Gasteiger partial charge in [0.15, 0.2) is 16.6 Å². The van der Waals surface area contributed by atoms with Crippen molar-refractivity contribution in [3.63, 3.8) is 0 Å². The summed E-state index contributed by atoms with van der Waals surface area (Å²) in [5.74, 6) is 1.55.